The minimum Gasteiger partial charge on any atom is -0.315 e. The van der Waals surface area contributed by atoms with Crippen molar-refractivity contribution in [3.8, 4) is 6.07 Å². The van der Waals surface area contributed by atoms with Crippen LogP contribution in [0, 0.1) is 17.2 Å². The number of carbonyl (C=O) groups is 1. The van der Waals surface area contributed by atoms with E-state index in [9.17, 15) is 4.79 Å². The molecule has 0 saturated carbocycles. The molecule has 0 spiro atoms. The van der Waals surface area contributed by atoms with Gasteiger partial charge in [-0.05, 0) is 50.2 Å². The van der Waals surface area contributed by atoms with Crippen LogP contribution in [0.15, 0.2) is 11.4 Å². The van der Waals surface area contributed by atoms with Crippen LogP contribution in [0.5, 0.6) is 0 Å². The van der Waals surface area contributed by atoms with Crippen molar-refractivity contribution in [3.63, 3.8) is 0 Å². The Labute approximate surface area is 118 Å². The summed E-state index contributed by atoms with van der Waals surface area (Å²) in [6, 6.07) is 3.68. The lowest BCUT2D eigenvalue weighted by Gasteiger charge is -2.34. The molecule has 5 heteroatoms. The first-order chi connectivity index (χ1) is 9.11. The van der Waals surface area contributed by atoms with Crippen LogP contribution in [0.25, 0.3) is 0 Å². The molecule has 102 valence electrons. The van der Waals surface area contributed by atoms with Gasteiger partial charge >= 0.3 is 0 Å². The van der Waals surface area contributed by atoms with Crippen LogP contribution >= 0.6 is 11.3 Å². The van der Waals surface area contributed by atoms with Crippen molar-refractivity contribution in [2.45, 2.75) is 32.7 Å². The number of piperidine rings is 1. The maximum Gasteiger partial charge on any atom is 0.242 e. The molecular formula is C14H19N3OS. The van der Waals surface area contributed by atoms with E-state index >= 15 is 0 Å². The summed E-state index contributed by atoms with van der Waals surface area (Å²) in [7, 11) is 0. The molecule has 0 aliphatic carbocycles. The Hall–Kier alpha value is -1.38. The number of rotatable bonds is 3. The van der Waals surface area contributed by atoms with E-state index in [4.69, 9.17) is 5.26 Å². The average Bonchev–Trinajstić information content (AvgIpc) is 2.86. The Morgan fingerprint density at radius 1 is 1.58 bits per heavy atom. The van der Waals surface area contributed by atoms with Crippen molar-refractivity contribution in [2.24, 2.45) is 5.92 Å². The van der Waals surface area contributed by atoms with Crippen molar-refractivity contribution in [3.05, 3.63) is 17.0 Å². The molecule has 0 bridgehead atoms. The van der Waals surface area contributed by atoms with E-state index in [0.717, 1.165) is 31.8 Å². The van der Waals surface area contributed by atoms with Gasteiger partial charge in [-0.3, -0.25) is 9.69 Å². The number of hydrogen-bond donors (Lipinski definition) is 1. The SMILES string of the molecule is CC1CCN([C@@H](C)C(=O)Nc2sccc2C#N)CC1. The predicted octanol–water partition coefficient (Wildman–Crippen LogP) is 2.68. The van der Waals surface area contributed by atoms with Crippen LogP contribution < -0.4 is 5.32 Å². The van der Waals surface area contributed by atoms with Crippen LogP contribution in [0.1, 0.15) is 32.3 Å². The predicted molar refractivity (Wildman–Crippen MR) is 77.1 cm³/mol. The molecule has 0 unspecified atom stereocenters. The Balaban J connectivity index is 1.95. The topological polar surface area (TPSA) is 56.1 Å². The molecule has 4 nitrogen and oxygen atoms in total. The standard InChI is InChI=1S/C14H19N3OS/c1-10-3-6-17(7-4-10)11(2)13(18)16-14-12(9-15)5-8-19-14/h5,8,10-11H,3-4,6-7H2,1-2H3,(H,16,18)/t11-/m0/s1. The molecule has 1 atom stereocenters. The van der Waals surface area contributed by atoms with Gasteiger partial charge < -0.3 is 5.32 Å². The minimum atomic E-state index is -0.138. The molecule has 1 fully saturated rings. The molecule has 1 amide bonds. The number of carbonyl (C=O) groups excluding carboxylic acids is 1. The van der Waals surface area contributed by atoms with Gasteiger partial charge in [-0.1, -0.05) is 6.92 Å². The monoisotopic (exact) mass is 277 g/mol. The van der Waals surface area contributed by atoms with Crippen LogP contribution in [0.2, 0.25) is 0 Å². The van der Waals surface area contributed by atoms with E-state index in [2.05, 4.69) is 23.2 Å². The molecular weight excluding hydrogens is 258 g/mol. The summed E-state index contributed by atoms with van der Waals surface area (Å²) in [5.41, 5.74) is 0.540. The summed E-state index contributed by atoms with van der Waals surface area (Å²) in [6.45, 7) is 6.15. The largest absolute Gasteiger partial charge is 0.315 e. The fourth-order valence-corrected chi connectivity index (χ4v) is 3.03. The van der Waals surface area contributed by atoms with E-state index in [1.165, 1.54) is 11.3 Å². The second-order valence-electron chi connectivity index (χ2n) is 5.16. The lowest BCUT2D eigenvalue weighted by Crippen LogP contribution is -2.45. The first-order valence-corrected chi connectivity index (χ1v) is 7.52. The smallest absolute Gasteiger partial charge is 0.242 e. The normalized spacial score (nSPS) is 18.8. The molecule has 1 saturated heterocycles. The molecule has 1 aliphatic heterocycles. The third-order valence-corrected chi connectivity index (χ3v) is 4.60. The van der Waals surface area contributed by atoms with Crippen molar-refractivity contribution in [1.82, 2.24) is 4.90 Å². The lowest BCUT2D eigenvalue weighted by molar-refractivity contribution is -0.121. The fraction of sp³-hybridized carbons (Fsp3) is 0.571. The maximum atomic E-state index is 12.2. The number of nitriles is 1. The van der Waals surface area contributed by atoms with Gasteiger partial charge in [0, 0.05) is 0 Å². The number of hydrogen-bond acceptors (Lipinski definition) is 4. The molecule has 1 aromatic heterocycles. The van der Waals surface area contributed by atoms with E-state index < -0.39 is 0 Å². The van der Waals surface area contributed by atoms with E-state index in [-0.39, 0.29) is 11.9 Å². The van der Waals surface area contributed by atoms with Crippen molar-refractivity contribution >= 4 is 22.2 Å². The summed E-state index contributed by atoms with van der Waals surface area (Å²) in [5, 5.41) is 14.3. The summed E-state index contributed by atoms with van der Waals surface area (Å²) < 4.78 is 0. The Kier molecular flexibility index (Phi) is 4.56. The van der Waals surface area contributed by atoms with Crippen LogP contribution in [0.3, 0.4) is 0 Å². The van der Waals surface area contributed by atoms with Crippen LogP contribution in [-0.2, 0) is 4.79 Å². The lowest BCUT2D eigenvalue weighted by atomic mass is 9.98. The zero-order valence-electron chi connectivity index (χ0n) is 11.3. The van der Waals surface area contributed by atoms with E-state index in [1.54, 1.807) is 6.07 Å². The van der Waals surface area contributed by atoms with Gasteiger partial charge in [-0.25, -0.2) is 0 Å². The zero-order valence-corrected chi connectivity index (χ0v) is 12.2. The first-order valence-electron chi connectivity index (χ1n) is 6.64. The van der Waals surface area contributed by atoms with Crippen LogP contribution in [0.4, 0.5) is 5.00 Å². The second kappa shape index (κ2) is 6.18. The van der Waals surface area contributed by atoms with Crippen molar-refractivity contribution in [1.29, 1.82) is 5.26 Å². The van der Waals surface area contributed by atoms with Gasteiger partial charge in [0.15, 0.2) is 0 Å². The van der Waals surface area contributed by atoms with Gasteiger partial charge in [-0.15, -0.1) is 11.3 Å². The molecule has 1 aliphatic rings. The highest BCUT2D eigenvalue weighted by atomic mass is 32.1. The van der Waals surface area contributed by atoms with Crippen LogP contribution in [-0.4, -0.2) is 29.9 Å². The number of amides is 1. The summed E-state index contributed by atoms with van der Waals surface area (Å²) in [4.78, 5) is 14.4. The van der Waals surface area contributed by atoms with Gasteiger partial charge in [-0.2, -0.15) is 5.26 Å². The van der Waals surface area contributed by atoms with Gasteiger partial charge in [0.1, 0.15) is 11.1 Å². The average molecular weight is 277 g/mol. The number of nitrogens with one attached hydrogen (secondary N) is 1. The molecule has 0 radical (unpaired) electrons. The Morgan fingerprint density at radius 3 is 2.89 bits per heavy atom. The van der Waals surface area contributed by atoms with E-state index in [0.29, 0.717) is 10.6 Å². The number of anilines is 1. The zero-order chi connectivity index (χ0) is 13.8. The maximum absolute atomic E-state index is 12.2. The highest BCUT2D eigenvalue weighted by molar-refractivity contribution is 7.14. The fourth-order valence-electron chi connectivity index (χ4n) is 2.29. The summed E-state index contributed by atoms with van der Waals surface area (Å²) >= 11 is 1.39. The molecule has 0 aromatic carbocycles. The van der Waals surface area contributed by atoms with Gasteiger partial charge in [0.25, 0.3) is 0 Å². The van der Waals surface area contributed by atoms with Gasteiger partial charge in [0.05, 0.1) is 11.6 Å². The third kappa shape index (κ3) is 3.34. The molecule has 1 N–H and O–H groups in total. The highest BCUT2D eigenvalue weighted by Gasteiger charge is 2.25. The second-order valence-corrected chi connectivity index (χ2v) is 6.08. The number of thiophene rings is 1. The quantitative estimate of drug-likeness (QED) is 0.924. The summed E-state index contributed by atoms with van der Waals surface area (Å²) in [5.74, 6) is 0.738. The Bertz CT molecular complexity index is 483. The Morgan fingerprint density at radius 2 is 2.26 bits per heavy atom. The summed E-state index contributed by atoms with van der Waals surface area (Å²) in [6.07, 6.45) is 2.31. The number of nitrogens with zero attached hydrogens (tertiary/aromatic N) is 2. The number of likely N-dealkylation sites (tertiary alicyclic amines) is 1. The molecule has 2 rings (SSSR count). The third-order valence-electron chi connectivity index (χ3n) is 3.77. The molecule has 19 heavy (non-hydrogen) atoms. The minimum absolute atomic E-state index is 0.0199. The van der Waals surface area contributed by atoms with Gasteiger partial charge in [0.2, 0.25) is 5.91 Å². The first kappa shape index (κ1) is 14.0. The van der Waals surface area contributed by atoms with Crippen molar-refractivity contribution in [2.75, 3.05) is 18.4 Å². The highest BCUT2D eigenvalue weighted by Crippen LogP contribution is 2.23. The molecule has 2 heterocycles. The van der Waals surface area contributed by atoms with Crippen molar-refractivity contribution < 1.29 is 4.79 Å². The van der Waals surface area contributed by atoms with E-state index in [1.807, 2.05) is 12.3 Å². The molecule has 1 aromatic rings.